The van der Waals surface area contributed by atoms with E-state index in [1.54, 1.807) is 36.7 Å². The molecule has 2 rings (SSSR count). The van der Waals surface area contributed by atoms with E-state index in [2.05, 4.69) is 21.4 Å². The summed E-state index contributed by atoms with van der Waals surface area (Å²) in [6.07, 6.45) is 8.31. The molecule has 0 atom stereocenters. The number of rotatable bonds is 6. The van der Waals surface area contributed by atoms with E-state index >= 15 is 0 Å². The summed E-state index contributed by atoms with van der Waals surface area (Å²) in [7, 11) is 0. The Balaban J connectivity index is 1.73. The minimum Gasteiger partial charge on any atom is -0.353 e. The number of nitrogens with zero attached hydrogens (tertiary/aromatic N) is 2. The summed E-state index contributed by atoms with van der Waals surface area (Å²) in [6, 6.07) is 9.17. The number of nitrogens with one attached hydrogen (secondary N) is 2. The number of carbonyl (C=O) groups excluding carboxylic acids is 1. The normalized spacial score (nSPS) is 10.4. The molecule has 1 aromatic carbocycles. The number of nitriles is 1. The third-order valence-electron chi connectivity index (χ3n) is 2.89. The summed E-state index contributed by atoms with van der Waals surface area (Å²) < 4.78 is 0. The molecule has 21 heavy (non-hydrogen) atoms. The van der Waals surface area contributed by atoms with Crippen LogP contribution in [0.5, 0.6) is 0 Å². The number of benzene rings is 1. The summed E-state index contributed by atoms with van der Waals surface area (Å²) in [5.74, 6) is 0.782. The number of aromatic nitrogens is 2. The minimum absolute atomic E-state index is 0.142. The molecule has 106 valence electrons. The molecule has 0 unspecified atom stereocenters. The molecule has 0 aliphatic heterocycles. The van der Waals surface area contributed by atoms with Gasteiger partial charge in [-0.15, -0.1) is 0 Å². The van der Waals surface area contributed by atoms with Crippen LogP contribution in [0.3, 0.4) is 0 Å². The number of hydrogen-bond donors (Lipinski definition) is 2. The van der Waals surface area contributed by atoms with Crippen molar-refractivity contribution in [1.82, 2.24) is 15.3 Å². The molecule has 1 heterocycles. The van der Waals surface area contributed by atoms with Gasteiger partial charge in [0, 0.05) is 31.4 Å². The van der Waals surface area contributed by atoms with Gasteiger partial charge in [-0.2, -0.15) is 5.26 Å². The van der Waals surface area contributed by atoms with Crippen LogP contribution in [0.4, 0.5) is 0 Å². The van der Waals surface area contributed by atoms with Gasteiger partial charge in [0.2, 0.25) is 5.91 Å². The van der Waals surface area contributed by atoms with Crippen LogP contribution < -0.4 is 5.32 Å². The van der Waals surface area contributed by atoms with Crippen molar-refractivity contribution in [2.45, 2.75) is 12.8 Å². The highest BCUT2D eigenvalue weighted by Crippen LogP contribution is 2.05. The molecular formula is C16H16N4O. The van der Waals surface area contributed by atoms with Gasteiger partial charge in [-0.05, 0) is 30.2 Å². The zero-order valence-electron chi connectivity index (χ0n) is 11.5. The molecule has 2 aromatic rings. The van der Waals surface area contributed by atoms with E-state index in [4.69, 9.17) is 5.26 Å². The number of aryl methyl sites for hydroxylation is 1. The maximum atomic E-state index is 11.6. The molecule has 0 radical (unpaired) electrons. The van der Waals surface area contributed by atoms with Crippen molar-refractivity contribution in [1.29, 1.82) is 5.26 Å². The number of imidazole rings is 1. The van der Waals surface area contributed by atoms with Crippen LogP contribution in [0.1, 0.15) is 23.4 Å². The first kappa shape index (κ1) is 14.5. The van der Waals surface area contributed by atoms with Gasteiger partial charge in [-0.3, -0.25) is 4.79 Å². The van der Waals surface area contributed by atoms with Gasteiger partial charge in [-0.1, -0.05) is 12.1 Å². The summed E-state index contributed by atoms with van der Waals surface area (Å²) in [5, 5.41) is 11.6. The molecule has 2 N–H and O–H groups in total. The lowest BCUT2D eigenvalue weighted by Crippen LogP contribution is -2.22. The van der Waals surface area contributed by atoms with Crippen molar-refractivity contribution in [2.24, 2.45) is 0 Å². The highest BCUT2D eigenvalue weighted by atomic mass is 16.1. The number of hydrogen-bond acceptors (Lipinski definition) is 3. The summed E-state index contributed by atoms with van der Waals surface area (Å²) >= 11 is 0. The maximum Gasteiger partial charge on any atom is 0.243 e. The SMILES string of the molecule is N#Cc1cccc(/C=C/C(=O)NCCCc2ncc[nH]2)c1. The predicted octanol–water partition coefficient (Wildman–Crippen LogP) is 2.04. The van der Waals surface area contributed by atoms with Crippen molar-refractivity contribution in [2.75, 3.05) is 6.54 Å². The second kappa shape index (κ2) is 7.65. The van der Waals surface area contributed by atoms with E-state index < -0.39 is 0 Å². The Morgan fingerprint density at radius 3 is 3.14 bits per heavy atom. The molecule has 5 nitrogen and oxygen atoms in total. The molecule has 0 spiro atoms. The lowest BCUT2D eigenvalue weighted by atomic mass is 10.1. The molecule has 0 saturated heterocycles. The van der Waals surface area contributed by atoms with Crippen LogP contribution in [0.25, 0.3) is 6.08 Å². The van der Waals surface area contributed by atoms with Crippen LogP contribution in [0, 0.1) is 11.3 Å². The Morgan fingerprint density at radius 2 is 2.38 bits per heavy atom. The largest absolute Gasteiger partial charge is 0.353 e. The Hall–Kier alpha value is -2.87. The van der Waals surface area contributed by atoms with Crippen molar-refractivity contribution >= 4 is 12.0 Å². The Morgan fingerprint density at radius 1 is 1.48 bits per heavy atom. The van der Waals surface area contributed by atoms with Crippen molar-refractivity contribution < 1.29 is 4.79 Å². The van der Waals surface area contributed by atoms with Crippen molar-refractivity contribution in [3.63, 3.8) is 0 Å². The van der Waals surface area contributed by atoms with E-state index in [1.807, 2.05) is 6.07 Å². The lowest BCUT2D eigenvalue weighted by molar-refractivity contribution is -0.116. The van der Waals surface area contributed by atoms with E-state index in [1.165, 1.54) is 6.08 Å². The van der Waals surface area contributed by atoms with E-state index in [0.29, 0.717) is 12.1 Å². The summed E-state index contributed by atoms with van der Waals surface area (Å²) in [6.45, 7) is 0.599. The highest BCUT2D eigenvalue weighted by molar-refractivity contribution is 5.91. The first-order chi connectivity index (χ1) is 10.3. The molecule has 0 fully saturated rings. The topological polar surface area (TPSA) is 81.6 Å². The molecule has 0 bridgehead atoms. The summed E-state index contributed by atoms with van der Waals surface area (Å²) in [4.78, 5) is 18.8. The second-order valence-electron chi connectivity index (χ2n) is 4.50. The number of amides is 1. The van der Waals surface area contributed by atoms with Crippen molar-refractivity contribution in [3.05, 3.63) is 59.7 Å². The van der Waals surface area contributed by atoms with Gasteiger partial charge < -0.3 is 10.3 Å². The lowest BCUT2D eigenvalue weighted by Gasteiger charge is -2.01. The smallest absolute Gasteiger partial charge is 0.243 e. The molecule has 1 amide bonds. The van der Waals surface area contributed by atoms with E-state index in [9.17, 15) is 4.79 Å². The minimum atomic E-state index is -0.142. The van der Waals surface area contributed by atoms with Crippen LogP contribution in [0.15, 0.2) is 42.7 Å². The third-order valence-corrected chi connectivity index (χ3v) is 2.89. The standard InChI is InChI=1S/C16H16N4O/c17-12-14-4-1-3-13(11-14)6-7-16(21)20-8-2-5-15-18-9-10-19-15/h1,3-4,6-7,9-11H,2,5,8H2,(H,18,19)(H,20,21)/b7-6+. The quantitative estimate of drug-likeness (QED) is 0.627. The molecule has 1 aromatic heterocycles. The number of aromatic amines is 1. The Labute approximate surface area is 123 Å². The molecular weight excluding hydrogens is 264 g/mol. The molecule has 0 aliphatic carbocycles. The molecule has 0 aliphatic rings. The van der Waals surface area contributed by atoms with Crippen LogP contribution in [0.2, 0.25) is 0 Å². The van der Waals surface area contributed by atoms with Gasteiger partial charge in [0.15, 0.2) is 0 Å². The Kier molecular flexibility index (Phi) is 5.30. The monoisotopic (exact) mass is 280 g/mol. The summed E-state index contributed by atoms with van der Waals surface area (Å²) in [5.41, 5.74) is 1.41. The fourth-order valence-electron chi connectivity index (χ4n) is 1.84. The zero-order chi connectivity index (χ0) is 14.9. The third kappa shape index (κ3) is 4.96. The number of H-pyrrole nitrogens is 1. The van der Waals surface area contributed by atoms with Crippen LogP contribution >= 0.6 is 0 Å². The van der Waals surface area contributed by atoms with Gasteiger partial charge in [-0.25, -0.2) is 4.98 Å². The van der Waals surface area contributed by atoms with E-state index in [-0.39, 0.29) is 5.91 Å². The fourth-order valence-corrected chi connectivity index (χ4v) is 1.84. The highest BCUT2D eigenvalue weighted by Gasteiger charge is 1.98. The number of carbonyl (C=O) groups is 1. The van der Waals surface area contributed by atoms with Gasteiger partial charge in [0.05, 0.1) is 11.6 Å². The van der Waals surface area contributed by atoms with Crippen LogP contribution in [-0.4, -0.2) is 22.4 Å². The molecule has 0 saturated carbocycles. The first-order valence-corrected chi connectivity index (χ1v) is 6.72. The van der Waals surface area contributed by atoms with E-state index in [0.717, 1.165) is 24.2 Å². The average Bonchev–Trinajstić information content (AvgIpc) is 3.03. The van der Waals surface area contributed by atoms with Gasteiger partial charge in [0.1, 0.15) is 5.82 Å². The maximum absolute atomic E-state index is 11.6. The predicted molar refractivity (Wildman–Crippen MR) is 80.1 cm³/mol. The molecule has 5 heteroatoms. The van der Waals surface area contributed by atoms with Crippen LogP contribution in [-0.2, 0) is 11.2 Å². The second-order valence-corrected chi connectivity index (χ2v) is 4.50. The zero-order valence-corrected chi connectivity index (χ0v) is 11.5. The average molecular weight is 280 g/mol. The van der Waals surface area contributed by atoms with Gasteiger partial charge in [0.25, 0.3) is 0 Å². The van der Waals surface area contributed by atoms with Gasteiger partial charge >= 0.3 is 0 Å². The first-order valence-electron chi connectivity index (χ1n) is 6.72. The van der Waals surface area contributed by atoms with Crippen molar-refractivity contribution in [3.8, 4) is 6.07 Å². The Bertz CT molecular complexity index is 653. The fraction of sp³-hybridized carbons (Fsp3) is 0.188.